The van der Waals surface area contributed by atoms with Crippen molar-refractivity contribution in [2.24, 2.45) is 0 Å². The molecular formula is C18H21N3O2. The second-order valence-electron chi connectivity index (χ2n) is 5.08. The van der Waals surface area contributed by atoms with E-state index in [1.165, 1.54) is 11.1 Å². The molecule has 0 bridgehead atoms. The van der Waals surface area contributed by atoms with Crippen molar-refractivity contribution in [2.75, 3.05) is 20.1 Å². The Labute approximate surface area is 136 Å². The first-order valence-corrected chi connectivity index (χ1v) is 7.51. The molecule has 120 valence electrons. The van der Waals surface area contributed by atoms with Gasteiger partial charge in [-0.2, -0.15) is 0 Å². The average Bonchev–Trinajstić information content (AvgIpc) is 2.56. The summed E-state index contributed by atoms with van der Waals surface area (Å²) in [5, 5.41) is 12.8. The molecule has 23 heavy (non-hydrogen) atoms. The monoisotopic (exact) mass is 311 g/mol. The van der Waals surface area contributed by atoms with E-state index in [0.717, 1.165) is 5.56 Å². The molecule has 0 heterocycles. The number of benzene rings is 2. The minimum atomic E-state index is -0.592. The quantitative estimate of drug-likeness (QED) is 0.567. The predicted octanol–water partition coefficient (Wildman–Crippen LogP) is 2.82. The maximum Gasteiger partial charge on any atom is 0.413 e. The van der Waals surface area contributed by atoms with Gasteiger partial charge in [0.15, 0.2) is 0 Å². The summed E-state index contributed by atoms with van der Waals surface area (Å²) in [7, 11) is 1.69. The Morgan fingerprint density at radius 1 is 1.04 bits per heavy atom. The van der Waals surface area contributed by atoms with Crippen LogP contribution in [0.1, 0.15) is 5.56 Å². The number of amides is 1. The van der Waals surface area contributed by atoms with Gasteiger partial charge in [-0.15, -0.1) is 0 Å². The van der Waals surface area contributed by atoms with E-state index >= 15 is 0 Å². The highest BCUT2D eigenvalue weighted by Gasteiger charge is 2.05. The number of carbonyl (C=O) groups excluding carboxylic acids is 1. The second-order valence-corrected chi connectivity index (χ2v) is 5.08. The summed E-state index contributed by atoms with van der Waals surface area (Å²) >= 11 is 0. The lowest BCUT2D eigenvalue weighted by Gasteiger charge is -2.08. The van der Waals surface area contributed by atoms with Gasteiger partial charge in [0.25, 0.3) is 0 Å². The highest BCUT2D eigenvalue weighted by atomic mass is 16.6. The van der Waals surface area contributed by atoms with Crippen molar-refractivity contribution in [3.8, 4) is 11.1 Å². The van der Waals surface area contributed by atoms with Crippen LogP contribution in [0.4, 0.5) is 4.79 Å². The lowest BCUT2D eigenvalue weighted by molar-refractivity contribution is 0.196. The molecule has 2 aromatic rings. The summed E-state index contributed by atoms with van der Waals surface area (Å²) in [5.41, 5.74) is 3.49. The van der Waals surface area contributed by atoms with Gasteiger partial charge < -0.3 is 15.4 Å². The normalized spacial score (nSPS) is 10.1. The van der Waals surface area contributed by atoms with E-state index in [2.05, 4.69) is 47.0 Å². The predicted molar refractivity (Wildman–Crippen MR) is 91.7 cm³/mol. The third-order valence-electron chi connectivity index (χ3n) is 3.30. The topological polar surface area (TPSA) is 74.2 Å². The zero-order valence-corrected chi connectivity index (χ0v) is 13.1. The van der Waals surface area contributed by atoms with Gasteiger partial charge in [0.1, 0.15) is 0 Å². The number of nitrogens with one attached hydrogen (secondary N) is 3. The molecule has 2 rings (SSSR count). The molecule has 5 nitrogen and oxygen atoms in total. The molecule has 0 unspecified atom stereocenters. The van der Waals surface area contributed by atoms with E-state index in [1.54, 1.807) is 7.05 Å². The molecule has 0 aromatic heterocycles. The van der Waals surface area contributed by atoms with Crippen LogP contribution in [-0.4, -0.2) is 32.1 Å². The van der Waals surface area contributed by atoms with Gasteiger partial charge in [-0.3, -0.25) is 5.41 Å². The molecule has 3 N–H and O–H groups in total. The first kappa shape index (κ1) is 16.7. The van der Waals surface area contributed by atoms with E-state index in [1.807, 2.05) is 18.2 Å². The standard InChI is InChI=1S/C18H21N3O2/c1-20-13-17(19)23-18(22)21-12-11-14-7-9-16(10-8-14)15-5-3-2-4-6-15/h2-10,19-20H,11-13H2,1H3,(H,21,22). The van der Waals surface area contributed by atoms with Crippen molar-refractivity contribution in [3.05, 3.63) is 60.2 Å². The second kappa shape index (κ2) is 8.70. The molecule has 0 aliphatic heterocycles. The zero-order valence-electron chi connectivity index (χ0n) is 13.1. The number of likely N-dealkylation sites (N-methyl/N-ethyl adjacent to an activating group) is 1. The Morgan fingerprint density at radius 2 is 1.70 bits per heavy atom. The fourth-order valence-corrected chi connectivity index (χ4v) is 2.15. The van der Waals surface area contributed by atoms with Crippen molar-refractivity contribution < 1.29 is 9.53 Å². The number of carbonyl (C=O) groups is 1. The first-order valence-electron chi connectivity index (χ1n) is 7.51. The lowest BCUT2D eigenvalue weighted by atomic mass is 10.0. The summed E-state index contributed by atoms with van der Waals surface area (Å²) in [4.78, 5) is 11.5. The number of hydrogen-bond acceptors (Lipinski definition) is 4. The average molecular weight is 311 g/mol. The van der Waals surface area contributed by atoms with Gasteiger partial charge in [-0.05, 0) is 30.2 Å². The molecule has 0 saturated heterocycles. The molecule has 2 aromatic carbocycles. The van der Waals surface area contributed by atoms with Gasteiger partial charge in [0.2, 0.25) is 5.90 Å². The molecule has 0 fully saturated rings. The van der Waals surface area contributed by atoms with Crippen molar-refractivity contribution in [1.82, 2.24) is 10.6 Å². The fraction of sp³-hybridized carbons (Fsp3) is 0.222. The Morgan fingerprint density at radius 3 is 2.35 bits per heavy atom. The first-order chi connectivity index (χ1) is 11.2. The Bertz CT molecular complexity index is 639. The summed E-state index contributed by atoms with van der Waals surface area (Å²) in [6.45, 7) is 0.699. The van der Waals surface area contributed by atoms with E-state index in [-0.39, 0.29) is 12.4 Å². The van der Waals surface area contributed by atoms with Crippen LogP contribution in [0.15, 0.2) is 54.6 Å². The molecule has 0 atom stereocenters. The van der Waals surface area contributed by atoms with Crippen LogP contribution in [-0.2, 0) is 11.2 Å². The minimum Gasteiger partial charge on any atom is -0.395 e. The fourth-order valence-electron chi connectivity index (χ4n) is 2.15. The molecule has 0 saturated carbocycles. The molecular weight excluding hydrogens is 290 g/mol. The number of hydrogen-bond donors (Lipinski definition) is 3. The van der Waals surface area contributed by atoms with Crippen molar-refractivity contribution in [2.45, 2.75) is 6.42 Å². The SMILES string of the molecule is CNCC(=N)OC(=O)NCCc1ccc(-c2ccccc2)cc1. The summed E-state index contributed by atoms with van der Waals surface area (Å²) in [5.74, 6) is -0.0998. The highest BCUT2D eigenvalue weighted by Crippen LogP contribution is 2.19. The van der Waals surface area contributed by atoms with Crippen molar-refractivity contribution >= 4 is 12.0 Å². The van der Waals surface area contributed by atoms with Gasteiger partial charge in [-0.25, -0.2) is 4.79 Å². The van der Waals surface area contributed by atoms with Crippen LogP contribution in [0.2, 0.25) is 0 Å². The van der Waals surface area contributed by atoms with Crippen LogP contribution in [0, 0.1) is 5.41 Å². The third kappa shape index (κ3) is 5.56. The summed E-state index contributed by atoms with van der Waals surface area (Å²) < 4.78 is 4.78. The van der Waals surface area contributed by atoms with Crippen LogP contribution in [0.25, 0.3) is 11.1 Å². The zero-order chi connectivity index (χ0) is 16.5. The molecule has 0 aliphatic rings. The van der Waals surface area contributed by atoms with E-state index in [9.17, 15) is 4.79 Å². The van der Waals surface area contributed by atoms with Crippen LogP contribution in [0.5, 0.6) is 0 Å². The molecule has 1 amide bonds. The smallest absolute Gasteiger partial charge is 0.395 e. The third-order valence-corrected chi connectivity index (χ3v) is 3.30. The van der Waals surface area contributed by atoms with Crippen LogP contribution in [0.3, 0.4) is 0 Å². The maximum atomic E-state index is 11.5. The van der Waals surface area contributed by atoms with E-state index < -0.39 is 6.09 Å². The van der Waals surface area contributed by atoms with Gasteiger partial charge >= 0.3 is 6.09 Å². The Kier molecular flexibility index (Phi) is 6.32. The Hall–Kier alpha value is -2.66. The van der Waals surface area contributed by atoms with Crippen molar-refractivity contribution in [1.29, 1.82) is 5.41 Å². The maximum absolute atomic E-state index is 11.5. The molecule has 0 aliphatic carbocycles. The summed E-state index contributed by atoms with van der Waals surface area (Å²) in [6, 6.07) is 18.4. The van der Waals surface area contributed by atoms with E-state index in [4.69, 9.17) is 10.1 Å². The van der Waals surface area contributed by atoms with Crippen molar-refractivity contribution in [3.63, 3.8) is 0 Å². The molecule has 0 spiro atoms. The summed E-state index contributed by atoms with van der Waals surface area (Å²) in [6.07, 6.45) is 0.120. The Balaban J connectivity index is 1.78. The largest absolute Gasteiger partial charge is 0.413 e. The lowest BCUT2D eigenvalue weighted by Crippen LogP contribution is -2.31. The van der Waals surface area contributed by atoms with Crippen LogP contribution < -0.4 is 10.6 Å². The van der Waals surface area contributed by atoms with Gasteiger partial charge in [-0.1, -0.05) is 54.6 Å². The minimum absolute atomic E-state index is 0.0998. The van der Waals surface area contributed by atoms with Gasteiger partial charge in [0, 0.05) is 6.54 Å². The number of ether oxygens (including phenoxy) is 1. The molecule has 5 heteroatoms. The molecule has 0 radical (unpaired) electrons. The number of alkyl carbamates (subject to hydrolysis) is 1. The van der Waals surface area contributed by atoms with Gasteiger partial charge in [0.05, 0.1) is 6.54 Å². The number of rotatable bonds is 6. The van der Waals surface area contributed by atoms with E-state index in [0.29, 0.717) is 13.0 Å². The van der Waals surface area contributed by atoms with Crippen LogP contribution >= 0.6 is 0 Å². The highest BCUT2D eigenvalue weighted by molar-refractivity contribution is 5.87.